The minimum absolute atomic E-state index is 0.141. The number of aryl methyl sites for hydroxylation is 1. The molecule has 0 radical (unpaired) electrons. The molecule has 0 N–H and O–H groups in total. The second-order valence-corrected chi connectivity index (χ2v) is 9.20. The molecule has 2 aromatic rings. The van der Waals surface area contributed by atoms with Crippen molar-refractivity contribution in [1.29, 1.82) is 0 Å². The number of sulfonamides is 1. The zero-order valence-electron chi connectivity index (χ0n) is 17.4. The fourth-order valence-electron chi connectivity index (χ4n) is 3.55. The molecule has 3 rings (SSSR count). The maximum atomic E-state index is 13.4. The zero-order chi connectivity index (χ0) is 21.2. The molecule has 0 spiro atoms. The number of hydrogen-bond acceptors (Lipinski definition) is 4. The molecule has 1 unspecified atom stereocenters. The molecule has 2 aromatic carbocycles. The van der Waals surface area contributed by atoms with Crippen molar-refractivity contribution in [3.8, 4) is 5.75 Å². The molecular weight excluding hydrogens is 388 g/mol. The standard InChI is InChI=1S/C22H28N2O4S/c1-5-23(6-2)29(26,27)19-12-11-16(3)20(13-19)22(25)24-14-18-9-7-8-10-21(18)28-15-17(24)4/h7-13,17H,5-6,14-15H2,1-4H3. The quantitative estimate of drug-likeness (QED) is 0.749. The molecule has 1 aliphatic heterocycles. The lowest BCUT2D eigenvalue weighted by Crippen LogP contribution is -2.40. The van der Waals surface area contributed by atoms with Crippen LogP contribution in [0.3, 0.4) is 0 Å². The van der Waals surface area contributed by atoms with Gasteiger partial charge in [-0.3, -0.25) is 4.79 Å². The minimum atomic E-state index is -3.64. The van der Waals surface area contributed by atoms with E-state index in [1.165, 1.54) is 10.4 Å². The van der Waals surface area contributed by atoms with Crippen LogP contribution in [0.1, 0.15) is 42.3 Å². The zero-order valence-corrected chi connectivity index (χ0v) is 18.2. The van der Waals surface area contributed by atoms with Crippen LogP contribution < -0.4 is 4.74 Å². The fourth-order valence-corrected chi connectivity index (χ4v) is 5.03. The summed E-state index contributed by atoms with van der Waals surface area (Å²) in [5.41, 5.74) is 2.10. The van der Waals surface area contributed by atoms with Gasteiger partial charge in [-0.05, 0) is 37.6 Å². The molecule has 6 nitrogen and oxygen atoms in total. The van der Waals surface area contributed by atoms with Gasteiger partial charge in [0.05, 0.1) is 17.5 Å². The SMILES string of the molecule is CCN(CC)S(=O)(=O)c1ccc(C)c(C(=O)N2Cc3ccccc3OCC2C)c1. The Morgan fingerprint density at radius 3 is 2.55 bits per heavy atom. The van der Waals surface area contributed by atoms with Gasteiger partial charge in [0.1, 0.15) is 12.4 Å². The van der Waals surface area contributed by atoms with Crippen molar-refractivity contribution in [2.45, 2.75) is 45.2 Å². The molecule has 0 saturated heterocycles. The molecule has 0 aliphatic carbocycles. The summed E-state index contributed by atoms with van der Waals surface area (Å²) in [5, 5.41) is 0. The van der Waals surface area contributed by atoms with Gasteiger partial charge in [-0.1, -0.05) is 38.1 Å². The van der Waals surface area contributed by atoms with Crippen LogP contribution in [-0.2, 0) is 16.6 Å². The van der Waals surface area contributed by atoms with Crippen molar-refractivity contribution in [2.75, 3.05) is 19.7 Å². The molecule has 1 heterocycles. The predicted octanol–water partition coefficient (Wildman–Crippen LogP) is 3.45. The van der Waals surface area contributed by atoms with Crippen LogP contribution in [0.4, 0.5) is 0 Å². The molecule has 0 bridgehead atoms. The van der Waals surface area contributed by atoms with Crippen LogP contribution >= 0.6 is 0 Å². The number of hydrogen-bond donors (Lipinski definition) is 0. The average molecular weight is 417 g/mol. The summed E-state index contributed by atoms with van der Waals surface area (Å²) < 4.78 is 33.1. The number of carbonyl (C=O) groups is 1. The van der Waals surface area contributed by atoms with Gasteiger partial charge in [0.15, 0.2) is 0 Å². The Balaban J connectivity index is 1.99. The largest absolute Gasteiger partial charge is 0.491 e. The molecule has 0 aromatic heterocycles. The number of ether oxygens (including phenoxy) is 1. The monoisotopic (exact) mass is 416 g/mol. The summed E-state index contributed by atoms with van der Waals surface area (Å²) in [6.07, 6.45) is 0. The van der Waals surface area contributed by atoms with Gasteiger partial charge < -0.3 is 9.64 Å². The average Bonchev–Trinajstić information content (AvgIpc) is 2.87. The van der Waals surface area contributed by atoms with E-state index in [2.05, 4.69) is 0 Å². The Bertz CT molecular complexity index is 1000. The Morgan fingerprint density at radius 1 is 1.17 bits per heavy atom. The van der Waals surface area contributed by atoms with Gasteiger partial charge in [-0.2, -0.15) is 4.31 Å². The fraction of sp³-hybridized carbons (Fsp3) is 0.409. The molecule has 7 heteroatoms. The molecule has 156 valence electrons. The summed E-state index contributed by atoms with van der Waals surface area (Å²) in [6.45, 7) is 8.95. The third-order valence-corrected chi connectivity index (χ3v) is 7.41. The molecule has 0 saturated carbocycles. The lowest BCUT2D eigenvalue weighted by atomic mass is 10.1. The first-order chi connectivity index (χ1) is 13.8. The lowest BCUT2D eigenvalue weighted by molar-refractivity contribution is 0.0644. The van der Waals surface area contributed by atoms with Gasteiger partial charge in [0, 0.05) is 24.2 Å². The normalized spacial score (nSPS) is 16.9. The van der Waals surface area contributed by atoms with Crippen molar-refractivity contribution < 1.29 is 17.9 Å². The van der Waals surface area contributed by atoms with Crippen molar-refractivity contribution in [3.63, 3.8) is 0 Å². The first-order valence-corrected chi connectivity index (χ1v) is 11.4. The number of benzene rings is 2. The van der Waals surface area contributed by atoms with Crippen molar-refractivity contribution >= 4 is 15.9 Å². The number of para-hydroxylation sites is 1. The Hall–Kier alpha value is -2.38. The van der Waals surface area contributed by atoms with E-state index in [9.17, 15) is 13.2 Å². The highest BCUT2D eigenvalue weighted by atomic mass is 32.2. The molecule has 1 amide bonds. The number of nitrogens with zero attached hydrogens (tertiary/aromatic N) is 2. The van der Waals surface area contributed by atoms with Gasteiger partial charge >= 0.3 is 0 Å². The Kier molecular flexibility index (Phi) is 6.29. The van der Waals surface area contributed by atoms with E-state index < -0.39 is 10.0 Å². The second kappa shape index (κ2) is 8.55. The van der Waals surface area contributed by atoms with Crippen LogP contribution in [0.2, 0.25) is 0 Å². The highest BCUT2D eigenvalue weighted by Crippen LogP contribution is 2.27. The lowest BCUT2D eigenvalue weighted by Gasteiger charge is -2.27. The summed E-state index contributed by atoms with van der Waals surface area (Å²) in [7, 11) is -3.64. The number of amides is 1. The molecular formula is C22H28N2O4S. The summed E-state index contributed by atoms with van der Waals surface area (Å²) in [4.78, 5) is 15.3. The van der Waals surface area contributed by atoms with E-state index in [4.69, 9.17) is 4.74 Å². The Morgan fingerprint density at radius 2 is 1.86 bits per heavy atom. The molecule has 1 aliphatic rings. The summed E-state index contributed by atoms with van der Waals surface area (Å²) in [5.74, 6) is 0.594. The minimum Gasteiger partial charge on any atom is -0.491 e. The maximum absolute atomic E-state index is 13.4. The second-order valence-electron chi connectivity index (χ2n) is 7.27. The maximum Gasteiger partial charge on any atom is 0.254 e. The van der Waals surface area contributed by atoms with Gasteiger partial charge in [0.2, 0.25) is 10.0 Å². The predicted molar refractivity (Wildman–Crippen MR) is 113 cm³/mol. The van der Waals surface area contributed by atoms with Gasteiger partial charge in [0.25, 0.3) is 5.91 Å². The Labute approximate surface area is 173 Å². The van der Waals surface area contributed by atoms with E-state index in [1.807, 2.05) is 38.1 Å². The van der Waals surface area contributed by atoms with Crippen LogP contribution in [0.15, 0.2) is 47.4 Å². The molecule has 29 heavy (non-hydrogen) atoms. The van der Waals surface area contributed by atoms with Gasteiger partial charge in [-0.25, -0.2) is 8.42 Å². The number of carbonyl (C=O) groups excluding carboxylic acids is 1. The third kappa shape index (κ3) is 4.16. The van der Waals surface area contributed by atoms with E-state index in [-0.39, 0.29) is 16.8 Å². The van der Waals surface area contributed by atoms with E-state index in [0.717, 1.165) is 16.9 Å². The number of fused-ring (bicyclic) bond motifs is 1. The van der Waals surface area contributed by atoms with Crippen LogP contribution in [0, 0.1) is 6.92 Å². The van der Waals surface area contributed by atoms with Crippen LogP contribution in [0.5, 0.6) is 5.75 Å². The van der Waals surface area contributed by atoms with E-state index >= 15 is 0 Å². The topological polar surface area (TPSA) is 66.9 Å². The number of rotatable bonds is 5. The first-order valence-electron chi connectivity index (χ1n) is 9.92. The van der Waals surface area contributed by atoms with Crippen LogP contribution in [-0.4, -0.2) is 49.3 Å². The van der Waals surface area contributed by atoms with Gasteiger partial charge in [-0.15, -0.1) is 0 Å². The highest BCUT2D eigenvalue weighted by molar-refractivity contribution is 7.89. The molecule has 1 atom stereocenters. The summed E-state index contributed by atoms with van der Waals surface area (Å²) >= 11 is 0. The highest BCUT2D eigenvalue weighted by Gasteiger charge is 2.29. The summed E-state index contributed by atoms with van der Waals surface area (Å²) in [6, 6.07) is 12.3. The third-order valence-electron chi connectivity index (χ3n) is 5.37. The smallest absolute Gasteiger partial charge is 0.254 e. The first kappa shape index (κ1) is 21.3. The van der Waals surface area contributed by atoms with E-state index in [0.29, 0.717) is 31.8 Å². The van der Waals surface area contributed by atoms with Crippen LogP contribution in [0.25, 0.3) is 0 Å². The van der Waals surface area contributed by atoms with Crippen molar-refractivity contribution in [2.24, 2.45) is 0 Å². The van der Waals surface area contributed by atoms with Crippen molar-refractivity contribution in [3.05, 3.63) is 59.2 Å². The molecule has 0 fully saturated rings. The van der Waals surface area contributed by atoms with Crippen molar-refractivity contribution in [1.82, 2.24) is 9.21 Å². The van der Waals surface area contributed by atoms with E-state index in [1.54, 1.807) is 30.9 Å².